The van der Waals surface area contributed by atoms with Crippen LogP contribution in [0.25, 0.3) is 0 Å². The third kappa shape index (κ3) is 5.40. The molecule has 7 nitrogen and oxygen atoms in total. The van der Waals surface area contributed by atoms with Gasteiger partial charge in [-0.15, -0.1) is 13.2 Å². The van der Waals surface area contributed by atoms with E-state index in [1.165, 1.54) is 17.7 Å². The molecule has 2 N–H and O–H groups in total. The van der Waals surface area contributed by atoms with Crippen molar-refractivity contribution >= 4 is 28.9 Å². The number of benzene rings is 2. The lowest BCUT2D eigenvalue weighted by Gasteiger charge is -2.41. The van der Waals surface area contributed by atoms with Gasteiger partial charge in [-0.05, 0) is 87.8 Å². The second-order valence-corrected chi connectivity index (χ2v) is 10.0. The summed E-state index contributed by atoms with van der Waals surface area (Å²) in [7, 11) is 0. The highest BCUT2D eigenvalue weighted by atomic mass is 19.4. The molecule has 0 bridgehead atoms. The van der Waals surface area contributed by atoms with Gasteiger partial charge in [0, 0.05) is 35.6 Å². The van der Waals surface area contributed by atoms with E-state index in [4.69, 9.17) is 0 Å². The summed E-state index contributed by atoms with van der Waals surface area (Å²) in [6.45, 7) is 7.29. The number of hydrogen-bond acceptors (Lipinski definition) is 5. The number of carbonyl (C=O) groups excluding carboxylic acids is 1. The van der Waals surface area contributed by atoms with Crippen LogP contribution in [0.1, 0.15) is 32.3 Å². The molecule has 10 heteroatoms. The van der Waals surface area contributed by atoms with Gasteiger partial charge in [0.05, 0.1) is 5.69 Å². The number of amides is 2. The van der Waals surface area contributed by atoms with E-state index < -0.39 is 12.4 Å². The minimum Gasteiger partial charge on any atom is -0.406 e. The smallest absolute Gasteiger partial charge is 0.406 e. The first-order chi connectivity index (χ1) is 18.1. The first kappa shape index (κ1) is 25.8. The molecule has 2 aromatic carbocycles. The maximum atomic E-state index is 12.8. The predicted molar refractivity (Wildman–Crippen MR) is 141 cm³/mol. The summed E-state index contributed by atoms with van der Waals surface area (Å²) in [4.78, 5) is 22.1. The number of anilines is 4. The number of nitrogens with zero attached hydrogens (tertiary/aromatic N) is 3. The van der Waals surface area contributed by atoms with E-state index in [0.29, 0.717) is 23.2 Å². The number of fused-ring (bicyclic) bond motifs is 2. The van der Waals surface area contributed by atoms with Crippen LogP contribution >= 0.6 is 0 Å². The number of halogens is 3. The van der Waals surface area contributed by atoms with Crippen LogP contribution in [0.5, 0.6) is 5.75 Å². The Kier molecular flexibility index (Phi) is 6.92. The number of para-hydroxylation sites is 1. The van der Waals surface area contributed by atoms with Crippen molar-refractivity contribution in [3.63, 3.8) is 0 Å². The molecule has 1 saturated heterocycles. The standard InChI is InChI=1S/C28H30F3N5O2/c1-19(2)35-16-13-27(14-17-35)18-36(24-8-4-3-6-22(24)27)25-23(7-5-15-32-25)34-26(37)33-20-9-11-21(12-10-20)38-28(29,30)31/h3-12,15,19H,13-14,16-18H2,1-2H3,(H2,33,34,37). The molecule has 200 valence electrons. The molecule has 0 atom stereocenters. The average molecular weight is 526 g/mol. The second kappa shape index (κ2) is 10.2. The quantitative estimate of drug-likeness (QED) is 0.397. The van der Waals surface area contributed by atoms with Crippen molar-refractivity contribution in [2.75, 3.05) is 35.2 Å². The number of rotatable bonds is 5. The van der Waals surface area contributed by atoms with Crippen LogP contribution < -0.4 is 20.3 Å². The van der Waals surface area contributed by atoms with E-state index in [-0.39, 0.29) is 11.2 Å². The molecule has 2 amide bonds. The zero-order valence-electron chi connectivity index (χ0n) is 21.3. The topological polar surface area (TPSA) is 69.7 Å². The number of nitrogens with one attached hydrogen (secondary N) is 2. The number of carbonyl (C=O) groups is 1. The van der Waals surface area contributed by atoms with Gasteiger partial charge in [0.15, 0.2) is 5.82 Å². The number of piperidine rings is 1. The van der Waals surface area contributed by atoms with Gasteiger partial charge in [-0.3, -0.25) is 0 Å². The Hall–Kier alpha value is -3.79. The number of urea groups is 1. The van der Waals surface area contributed by atoms with Crippen LogP contribution in [0.3, 0.4) is 0 Å². The molecule has 0 unspecified atom stereocenters. The Labute approximate surface area is 219 Å². The number of likely N-dealkylation sites (tertiary alicyclic amines) is 1. The van der Waals surface area contributed by atoms with Gasteiger partial charge in [0.1, 0.15) is 5.75 Å². The summed E-state index contributed by atoms with van der Waals surface area (Å²) in [5.41, 5.74) is 3.27. The van der Waals surface area contributed by atoms with Gasteiger partial charge in [0.25, 0.3) is 0 Å². The summed E-state index contributed by atoms with van der Waals surface area (Å²) in [6.07, 6.45) is -0.986. The van der Waals surface area contributed by atoms with E-state index in [9.17, 15) is 18.0 Å². The summed E-state index contributed by atoms with van der Waals surface area (Å²) in [5, 5.41) is 5.51. The van der Waals surface area contributed by atoms with E-state index in [0.717, 1.165) is 50.3 Å². The molecule has 3 heterocycles. The van der Waals surface area contributed by atoms with Crippen LogP contribution in [-0.4, -0.2) is 48.0 Å². The zero-order valence-corrected chi connectivity index (χ0v) is 21.3. The Morgan fingerprint density at radius 1 is 1.00 bits per heavy atom. The molecule has 0 saturated carbocycles. The predicted octanol–water partition coefficient (Wildman–Crippen LogP) is 6.52. The lowest BCUT2D eigenvalue weighted by molar-refractivity contribution is -0.274. The van der Waals surface area contributed by atoms with E-state index in [1.54, 1.807) is 18.3 Å². The lowest BCUT2D eigenvalue weighted by Crippen LogP contribution is -2.47. The Morgan fingerprint density at radius 2 is 1.71 bits per heavy atom. The van der Waals surface area contributed by atoms with E-state index in [2.05, 4.69) is 62.2 Å². The summed E-state index contributed by atoms with van der Waals surface area (Å²) < 4.78 is 41.1. The van der Waals surface area contributed by atoms with Crippen LogP contribution in [0.4, 0.5) is 40.8 Å². The van der Waals surface area contributed by atoms with Gasteiger partial charge in [-0.2, -0.15) is 0 Å². The monoisotopic (exact) mass is 525 g/mol. The minimum absolute atomic E-state index is 0.0132. The number of hydrogen-bond donors (Lipinski definition) is 2. The van der Waals surface area contributed by atoms with Gasteiger partial charge in [-0.25, -0.2) is 9.78 Å². The molecular formula is C28H30F3N5O2. The molecule has 1 fully saturated rings. The highest BCUT2D eigenvalue weighted by Crippen LogP contribution is 2.50. The van der Waals surface area contributed by atoms with Gasteiger partial charge < -0.3 is 25.2 Å². The van der Waals surface area contributed by atoms with Crippen molar-refractivity contribution in [3.05, 3.63) is 72.4 Å². The average Bonchev–Trinajstić information content (AvgIpc) is 3.19. The minimum atomic E-state index is -4.78. The molecule has 2 aliphatic heterocycles. The first-order valence-corrected chi connectivity index (χ1v) is 12.6. The number of pyridine rings is 1. The van der Waals surface area contributed by atoms with Gasteiger partial charge >= 0.3 is 12.4 Å². The fourth-order valence-electron chi connectivity index (χ4n) is 5.45. The highest BCUT2D eigenvalue weighted by Gasteiger charge is 2.45. The first-order valence-electron chi connectivity index (χ1n) is 12.6. The maximum Gasteiger partial charge on any atom is 0.573 e. The maximum absolute atomic E-state index is 12.8. The van der Waals surface area contributed by atoms with Crippen LogP contribution in [0, 0.1) is 0 Å². The normalized spacial score (nSPS) is 16.9. The Morgan fingerprint density at radius 3 is 2.39 bits per heavy atom. The molecular weight excluding hydrogens is 495 g/mol. The Balaban J connectivity index is 1.33. The van der Waals surface area contributed by atoms with Crippen LogP contribution in [0.2, 0.25) is 0 Å². The summed E-state index contributed by atoms with van der Waals surface area (Å²) in [5.74, 6) is 0.283. The van der Waals surface area contributed by atoms with Crippen molar-refractivity contribution in [2.24, 2.45) is 0 Å². The van der Waals surface area contributed by atoms with Crippen molar-refractivity contribution in [3.8, 4) is 5.75 Å². The van der Waals surface area contributed by atoms with Crippen molar-refractivity contribution in [2.45, 2.75) is 44.5 Å². The SMILES string of the molecule is CC(C)N1CCC2(CC1)CN(c1ncccc1NC(=O)Nc1ccc(OC(F)(F)F)cc1)c1ccccc12. The van der Waals surface area contributed by atoms with Gasteiger partial charge in [-0.1, -0.05) is 18.2 Å². The highest BCUT2D eigenvalue weighted by molar-refractivity contribution is 6.02. The fraction of sp³-hybridized carbons (Fsp3) is 0.357. The van der Waals surface area contributed by atoms with Crippen molar-refractivity contribution in [1.82, 2.24) is 9.88 Å². The number of aromatic nitrogens is 1. The molecule has 0 radical (unpaired) electrons. The third-order valence-electron chi connectivity index (χ3n) is 7.35. The van der Waals surface area contributed by atoms with Crippen molar-refractivity contribution < 1.29 is 22.7 Å². The van der Waals surface area contributed by atoms with Gasteiger partial charge in [0.2, 0.25) is 0 Å². The number of ether oxygens (including phenoxy) is 1. The van der Waals surface area contributed by atoms with Crippen molar-refractivity contribution in [1.29, 1.82) is 0 Å². The lowest BCUT2D eigenvalue weighted by atomic mass is 9.74. The fourth-order valence-corrected chi connectivity index (χ4v) is 5.45. The van der Waals surface area contributed by atoms with E-state index in [1.807, 2.05) is 6.07 Å². The van der Waals surface area contributed by atoms with E-state index >= 15 is 0 Å². The van der Waals surface area contributed by atoms with Crippen LogP contribution in [0.15, 0.2) is 66.9 Å². The van der Waals surface area contributed by atoms with Crippen LogP contribution in [-0.2, 0) is 5.41 Å². The molecule has 3 aromatic rings. The second-order valence-electron chi connectivity index (χ2n) is 10.0. The Bertz CT molecular complexity index is 1290. The molecule has 5 rings (SSSR count). The number of alkyl halides is 3. The summed E-state index contributed by atoms with van der Waals surface area (Å²) in [6, 6.07) is 16.9. The molecule has 38 heavy (non-hydrogen) atoms. The molecule has 0 aliphatic carbocycles. The third-order valence-corrected chi connectivity index (χ3v) is 7.35. The summed E-state index contributed by atoms with van der Waals surface area (Å²) >= 11 is 0. The molecule has 2 aliphatic rings. The molecule has 1 spiro atoms. The largest absolute Gasteiger partial charge is 0.573 e. The molecule has 1 aromatic heterocycles. The zero-order chi connectivity index (χ0) is 26.9.